The largest absolute Gasteiger partial charge is 0.497 e. The highest BCUT2D eigenvalue weighted by atomic mass is 79.9. The van der Waals surface area contributed by atoms with Gasteiger partial charge in [-0.15, -0.1) is 0 Å². The molecule has 1 aliphatic rings. The van der Waals surface area contributed by atoms with Gasteiger partial charge in [-0.1, -0.05) is 46.3 Å². The molecule has 8 heteroatoms. The molecule has 0 aliphatic carbocycles. The van der Waals surface area contributed by atoms with Crippen LogP contribution in [0.3, 0.4) is 0 Å². The molecule has 1 aliphatic heterocycles. The lowest BCUT2D eigenvalue weighted by Gasteiger charge is -2.24. The Morgan fingerprint density at radius 1 is 1.08 bits per heavy atom. The van der Waals surface area contributed by atoms with Crippen LogP contribution in [0.5, 0.6) is 5.75 Å². The van der Waals surface area contributed by atoms with Gasteiger partial charge in [0.2, 0.25) is 0 Å². The molecule has 1 atom stereocenters. The van der Waals surface area contributed by atoms with Crippen molar-refractivity contribution in [1.82, 2.24) is 0 Å². The third kappa shape index (κ3) is 5.29. The summed E-state index contributed by atoms with van der Waals surface area (Å²) in [4.78, 5) is 25.3. The number of methoxy groups -OCH3 is 1. The number of hydrogen-bond donors (Lipinski definition) is 0. The fourth-order valence-electron chi connectivity index (χ4n) is 4.33. The van der Waals surface area contributed by atoms with E-state index in [-0.39, 0.29) is 12.0 Å². The molecule has 0 amide bonds. The van der Waals surface area contributed by atoms with Crippen LogP contribution in [0.25, 0.3) is 11.0 Å². The molecule has 0 saturated carbocycles. The fraction of sp³-hybridized carbons (Fsp3) is 0.207. The molecule has 1 aromatic heterocycles. The molecule has 188 valence electrons. The number of benzene rings is 3. The lowest BCUT2D eigenvalue weighted by atomic mass is 9.97. The Kier molecular flexibility index (Phi) is 7.37. The minimum atomic E-state index is -0.438. The summed E-state index contributed by atoms with van der Waals surface area (Å²) < 4.78 is 16.2. The first-order valence-corrected chi connectivity index (χ1v) is 13.1. The standard InChI is InChI=1S/C29H25BrN2O5/c1-35-23-12-13-27-21(16-23)17-24(29(34)37-27)25-18-26(32(31-25)22-6-3-2-4-7-22)19-8-10-20(11-9-19)28(33)36-15-5-14-30/h2-4,6-13,16-17,26H,5,14-15,18H2,1H3. The van der Waals surface area contributed by atoms with Crippen molar-refractivity contribution in [3.8, 4) is 5.75 Å². The van der Waals surface area contributed by atoms with Crippen LogP contribution in [0.15, 0.2) is 93.2 Å². The normalized spacial score (nSPS) is 15.0. The van der Waals surface area contributed by atoms with E-state index in [0.717, 1.165) is 28.4 Å². The van der Waals surface area contributed by atoms with Crippen molar-refractivity contribution < 1.29 is 18.7 Å². The van der Waals surface area contributed by atoms with Crippen molar-refractivity contribution >= 4 is 44.3 Å². The first kappa shape index (κ1) is 24.8. The van der Waals surface area contributed by atoms with E-state index in [2.05, 4.69) is 15.9 Å². The molecule has 0 fully saturated rings. The summed E-state index contributed by atoms with van der Waals surface area (Å²) in [5, 5.41) is 8.32. The lowest BCUT2D eigenvalue weighted by molar-refractivity contribution is 0.0506. The Morgan fingerprint density at radius 2 is 1.86 bits per heavy atom. The molecule has 1 unspecified atom stereocenters. The molecule has 3 aromatic carbocycles. The van der Waals surface area contributed by atoms with Crippen LogP contribution < -0.4 is 15.4 Å². The second-order valence-electron chi connectivity index (χ2n) is 8.60. The number of rotatable bonds is 8. The summed E-state index contributed by atoms with van der Waals surface area (Å²) in [6.07, 6.45) is 1.25. The van der Waals surface area contributed by atoms with E-state index in [0.29, 0.717) is 41.2 Å². The second-order valence-corrected chi connectivity index (χ2v) is 9.39. The van der Waals surface area contributed by atoms with Crippen LogP contribution in [-0.4, -0.2) is 30.7 Å². The molecule has 0 saturated heterocycles. The zero-order valence-corrected chi connectivity index (χ0v) is 21.8. The van der Waals surface area contributed by atoms with E-state index in [1.807, 2.05) is 53.5 Å². The van der Waals surface area contributed by atoms with E-state index < -0.39 is 5.63 Å². The average Bonchev–Trinajstić information content (AvgIpc) is 3.38. The third-order valence-corrected chi connectivity index (χ3v) is 6.78. The molecule has 0 radical (unpaired) electrons. The number of ether oxygens (including phenoxy) is 2. The number of carbonyl (C=O) groups is 1. The summed E-state index contributed by atoms with van der Waals surface area (Å²) in [5.41, 5.74) is 3.45. The van der Waals surface area contributed by atoms with Crippen molar-refractivity contribution in [2.45, 2.75) is 18.9 Å². The number of fused-ring (bicyclic) bond motifs is 1. The van der Waals surface area contributed by atoms with Gasteiger partial charge < -0.3 is 13.9 Å². The van der Waals surface area contributed by atoms with Crippen LogP contribution in [-0.2, 0) is 4.74 Å². The van der Waals surface area contributed by atoms with Crippen LogP contribution >= 0.6 is 15.9 Å². The predicted octanol–water partition coefficient (Wildman–Crippen LogP) is 6.10. The van der Waals surface area contributed by atoms with E-state index in [9.17, 15) is 9.59 Å². The molecule has 0 spiro atoms. The molecule has 2 heterocycles. The topological polar surface area (TPSA) is 81.3 Å². The molecule has 0 bridgehead atoms. The number of nitrogens with zero attached hydrogens (tertiary/aromatic N) is 2. The number of anilines is 1. The van der Waals surface area contributed by atoms with Gasteiger partial charge >= 0.3 is 11.6 Å². The lowest BCUT2D eigenvalue weighted by Crippen LogP contribution is -2.18. The number of carbonyl (C=O) groups excluding carboxylic acids is 1. The average molecular weight is 561 g/mol. The molecule has 0 N–H and O–H groups in total. The van der Waals surface area contributed by atoms with Gasteiger partial charge in [-0.25, -0.2) is 9.59 Å². The highest BCUT2D eigenvalue weighted by molar-refractivity contribution is 9.09. The van der Waals surface area contributed by atoms with Gasteiger partial charge in [-0.05, 0) is 60.5 Å². The van der Waals surface area contributed by atoms with Gasteiger partial charge in [-0.3, -0.25) is 5.01 Å². The fourth-order valence-corrected chi connectivity index (χ4v) is 4.55. The Morgan fingerprint density at radius 3 is 2.59 bits per heavy atom. The number of halogens is 1. The summed E-state index contributed by atoms with van der Waals surface area (Å²) in [5.74, 6) is 0.329. The minimum absolute atomic E-state index is 0.170. The van der Waals surface area contributed by atoms with Crippen molar-refractivity contribution in [3.05, 3.63) is 106 Å². The van der Waals surface area contributed by atoms with E-state index in [1.165, 1.54) is 0 Å². The number of hydrogen-bond acceptors (Lipinski definition) is 7. The maximum atomic E-state index is 12.9. The summed E-state index contributed by atoms with van der Waals surface area (Å²) in [6.45, 7) is 0.369. The third-order valence-electron chi connectivity index (χ3n) is 6.22. The quantitative estimate of drug-likeness (QED) is 0.112. The minimum Gasteiger partial charge on any atom is -0.497 e. The second kappa shape index (κ2) is 11.0. The molecule has 4 aromatic rings. The summed E-state index contributed by atoms with van der Waals surface area (Å²) in [6, 6.07) is 24.1. The van der Waals surface area contributed by atoms with Gasteiger partial charge in [0.05, 0.1) is 42.3 Å². The van der Waals surface area contributed by atoms with Crippen LogP contribution in [0.2, 0.25) is 0 Å². The molecular weight excluding hydrogens is 536 g/mol. The van der Waals surface area contributed by atoms with Crippen molar-refractivity contribution in [3.63, 3.8) is 0 Å². The predicted molar refractivity (Wildman–Crippen MR) is 147 cm³/mol. The Balaban J connectivity index is 1.48. The number of esters is 1. The smallest absolute Gasteiger partial charge is 0.345 e. The van der Waals surface area contributed by atoms with Gasteiger partial charge in [0, 0.05) is 17.1 Å². The Labute approximate surface area is 222 Å². The number of alkyl halides is 1. The molecule has 5 rings (SSSR count). The summed E-state index contributed by atoms with van der Waals surface area (Å²) >= 11 is 3.33. The maximum Gasteiger partial charge on any atom is 0.345 e. The van der Waals surface area contributed by atoms with Crippen LogP contribution in [0.4, 0.5) is 5.69 Å². The van der Waals surface area contributed by atoms with Gasteiger partial charge in [-0.2, -0.15) is 5.10 Å². The first-order chi connectivity index (χ1) is 18.1. The van der Waals surface area contributed by atoms with Crippen LogP contribution in [0.1, 0.15) is 40.4 Å². The van der Waals surface area contributed by atoms with Crippen molar-refractivity contribution in [1.29, 1.82) is 0 Å². The van der Waals surface area contributed by atoms with Gasteiger partial charge in [0.1, 0.15) is 11.3 Å². The molecule has 37 heavy (non-hydrogen) atoms. The van der Waals surface area contributed by atoms with Crippen molar-refractivity contribution in [2.24, 2.45) is 5.10 Å². The van der Waals surface area contributed by atoms with E-state index in [4.69, 9.17) is 19.0 Å². The molecular formula is C29H25BrN2O5. The molecule has 7 nitrogen and oxygen atoms in total. The zero-order chi connectivity index (χ0) is 25.8. The van der Waals surface area contributed by atoms with E-state index >= 15 is 0 Å². The first-order valence-electron chi connectivity index (χ1n) is 11.9. The highest BCUT2D eigenvalue weighted by Crippen LogP contribution is 2.36. The summed E-state index contributed by atoms with van der Waals surface area (Å²) in [7, 11) is 1.60. The SMILES string of the molecule is COc1ccc2oc(=O)c(C3=NN(c4ccccc4)C(c4ccc(C(=O)OCCCBr)cc4)C3)cc2c1. The Hall–Kier alpha value is -3.91. The van der Waals surface area contributed by atoms with Crippen LogP contribution in [0, 0.1) is 0 Å². The maximum absolute atomic E-state index is 12.9. The zero-order valence-electron chi connectivity index (χ0n) is 20.2. The van der Waals surface area contributed by atoms with Gasteiger partial charge in [0.25, 0.3) is 0 Å². The monoisotopic (exact) mass is 560 g/mol. The van der Waals surface area contributed by atoms with E-state index in [1.54, 1.807) is 37.4 Å². The number of hydrazone groups is 1. The Bertz CT molecular complexity index is 1500. The van der Waals surface area contributed by atoms with Gasteiger partial charge in [0.15, 0.2) is 0 Å². The highest BCUT2D eigenvalue weighted by Gasteiger charge is 2.31. The van der Waals surface area contributed by atoms with Crippen molar-refractivity contribution in [2.75, 3.05) is 24.1 Å². The number of para-hydroxylation sites is 1.